The Morgan fingerprint density at radius 2 is 1.69 bits per heavy atom. The van der Waals surface area contributed by atoms with Gasteiger partial charge in [0.05, 0.1) is 17.2 Å². The minimum absolute atomic E-state index is 0.0228. The highest BCUT2D eigenvalue weighted by Gasteiger charge is 2.32. The first kappa shape index (κ1) is 22.9. The summed E-state index contributed by atoms with van der Waals surface area (Å²) in [5.41, 5.74) is 6.84. The van der Waals surface area contributed by atoms with Crippen LogP contribution in [0.4, 0.5) is 9.80 Å². The first-order chi connectivity index (χ1) is 15.2. The largest absolute Gasteiger partial charge is 0.449 e. The monoisotopic (exact) mass is 458 g/mol. The number of fused-ring (bicyclic) bond motifs is 1. The first-order valence-electron chi connectivity index (χ1n) is 11.4. The standard InChI is InChI=1S/C24H34N4O3S/c1-24(2,3)16-31-23(30)28-10-8-17(9-11-28)26-12-14-27(15-13-26)22(29)20-18-6-4-5-7-19(18)32-21(20)25/h4-7,17H,8-16,25H2,1-3H3. The molecule has 32 heavy (non-hydrogen) atoms. The van der Waals surface area contributed by atoms with Gasteiger partial charge in [0.25, 0.3) is 5.91 Å². The van der Waals surface area contributed by atoms with E-state index in [1.807, 2.05) is 34.1 Å². The number of thiophene rings is 1. The van der Waals surface area contributed by atoms with Crippen molar-refractivity contribution in [2.24, 2.45) is 5.41 Å². The summed E-state index contributed by atoms with van der Waals surface area (Å²) in [6.07, 6.45) is 1.69. The summed E-state index contributed by atoms with van der Waals surface area (Å²) in [7, 11) is 0. The quantitative estimate of drug-likeness (QED) is 0.755. The second-order valence-electron chi connectivity index (χ2n) is 10.00. The van der Waals surface area contributed by atoms with Crippen LogP contribution in [0.2, 0.25) is 0 Å². The second kappa shape index (κ2) is 9.27. The van der Waals surface area contributed by atoms with E-state index in [1.54, 1.807) is 0 Å². The number of likely N-dealkylation sites (tertiary alicyclic amines) is 1. The number of anilines is 1. The van der Waals surface area contributed by atoms with Gasteiger partial charge in [0.1, 0.15) is 0 Å². The molecule has 1 aromatic carbocycles. The van der Waals surface area contributed by atoms with Crippen molar-refractivity contribution in [3.63, 3.8) is 0 Å². The van der Waals surface area contributed by atoms with Crippen molar-refractivity contribution in [3.05, 3.63) is 29.8 Å². The fraction of sp³-hybridized carbons (Fsp3) is 0.583. The van der Waals surface area contributed by atoms with E-state index in [1.165, 1.54) is 11.3 Å². The molecular weight excluding hydrogens is 424 g/mol. The molecule has 2 N–H and O–H groups in total. The number of hydrogen-bond acceptors (Lipinski definition) is 6. The second-order valence-corrected chi connectivity index (χ2v) is 11.1. The molecule has 1 aromatic heterocycles. The van der Waals surface area contributed by atoms with E-state index >= 15 is 0 Å². The Hall–Kier alpha value is -2.32. The first-order valence-corrected chi connectivity index (χ1v) is 12.3. The lowest BCUT2D eigenvalue weighted by Crippen LogP contribution is -2.54. The number of nitrogen functional groups attached to an aromatic ring is 1. The molecule has 2 saturated heterocycles. The van der Waals surface area contributed by atoms with Crippen molar-refractivity contribution >= 4 is 38.4 Å². The van der Waals surface area contributed by atoms with Gasteiger partial charge in [-0.05, 0) is 24.3 Å². The highest BCUT2D eigenvalue weighted by atomic mass is 32.1. The molecule has 4 rings (SSSR count). The van der Waals surface area contributed by atoms with Crippen LogP contribution < -0.4 is 5.73 Å². The summed E-state index contributed by atoms with van der Waals surface area (Å²) in [6, 6.07) is 8.36. The maximum absolute atomic E-state index is 13.2. The van der Waals surface area contributed by atoms with E-state index in [4.69, 9.17) is 10.5 Å². The molecule has 3 heterocycles. The number of hydrogen-bond donors (Lipinski definition) is 1. The van der Waals surface area contributed by atoms with E-state index in [-0.39, 0.29) is 17.4 Å². The summed E-state index contributed by atoms with van der Waals surface area (Å²) in [5, 5.41) is 1.55. The molecule has 0 atom stereocenters. The number of rotatable bonds is 3. The highest BCUT2D eigenvalue weighted by molar-refractivity contribution is 7.23. The van der Waals surface area contributed by atoms with Crippen molar-refractivity contribution in [1.82, 2.24) is 14.7 Å². The van der Waals surface area contributed by atoms with E-state index in [9.17, 15) is 9.59 Å². The average Bonchev–Trinajstić information content (AvgIpc) is 3.12. The number of piperidine rings is 1. The van der Waals surface area contributed by atoms with Crippen LogP contribution in [0.25, 0.3) is 10.1 Å². The number of nitrogens with two attached hydrogens (primary N) is 1. The lowest BCUT2D eigenvalue weighted by Gasteiger charge is -2.42. The van der Waals surface area contributed by atoms with Gasteiger partial charge in [0, 0.05) is 55.4 Å². The van der Waals surface area contributed by atoms with Gasteiger partial charge < -0.3 is 20.3 Å². The molecule has 7 nitrogen and oxygen atoms in total. The number of amides is 2. The Labute approximate surface area is 194 Å². The Balaban J connectivity index is 1.28. The number of nitrogens with zero attached hydrogens (tertiary/aromatic N) is 3. The lowest BCUT2D eigenvalue weighted by molar-refractivity contribution is 0.0356. The zero-order valence-electron chi connectivity index (χ0n) is 19.3. The van der Waals surface area contributed by atoms with Crippen LogP contribution in [0, 0.1) is 5.41 Å². The van der Waals surface area contributed by atoms with Crippen molar-refractivity contribution in [2.75, 3.05) is 51.6 Å². The summed E-state index contributed by atoms with van der Waals surface area (Å²) < 4.78 is 6.52. The van der Waals surface area contributed by atoms with Gasteiger partial charge in [-0.2, -0.15) is 0 Å². The van der Waals surface area contributed by atoms with Crippen LogP contribution in [0.3, 0.4) is 0 Å². The van der Waals surface area contributed by atoms with Gasteiger partial charge in [0.2, 0.25) is 0 Å². The third kappa shape index (κ3) is 5.02. The maximum atomic E-state index is 13.2. The molecule has 2 amide bonds. The SMILES string of the molecule is CC(C)(C)COC(=O)N1CCC(N2CCN(C(=O)c3c(N)sc4ccccc34)CC2)CC1. The molecule has 8 heteroatoms. The Morgan fingerprint density at radius 1 is 1.03 bits per heavy atom. The van der Waals surface area contributed by atoms with E-state index in [2.05, 4.69) is 25.7 Å². The summed E-state index contributed by atoms with van der Waals surface area (Å²) in [4.78, 5) is 31.7. The van der Waals surface area contributed by atoms with Gasteiger partial charge in [-0.1, -0.05) is 39.0 Å². The highest BCUT2D eigenvalue weighted by Crippen LogP contribution is 2.34. The Morgan fingerprint density at radius 3 is 2.34 bits per heavy atom. The molecule has 0 radical (unpaired) electrons. The van der Waals surface area contributed by atoms with Crippen LogP contribution in [0.15, 0.2) is 24.3 Å². The van der Waals surface area contributed by atoms with E-state index in [0.717, 1.165) is 49.1 Å². The average molecular weight is 459 g/mol. The van der Waals surface area contributed by atoms with Crippen molar-refractivity contribution in [3.8, 4) is 0 Å². The van der Waals surface area contributed by atoms with Gasteiger partial charge in [-0.15, -0.1) is 11.3 Å². The van der Waals surface area contributed by atoms with E-state index in [0.29, 0.717) is 36.3 Å². The molecule has 2 aromatic rings. The smallest absolute Gasteiger partial charge is 0.409 e. The number of carbonyl (C=O) groups is 2. The minimum atomic E-state index is -0.200. The molecule has 0 bridgehead atoms. The van der Waals surface area contributed by atoms with Gasteiger partial charge in [-0.25, -0.2) is 4.79 Å². The van der Waals surface area contributed by atoms with Crippen LogP contribution >= 0.6 is 11.3 Å². The fourth-order valence-corrected chi connectivity index (χ4v) is 5.48. The van der Waals surface area contributed by atoms with Crippen molar-refractivity contribution in [2.45, 2.75) is 39.7 Å². The third-order valence-electron chi connectivity index (χ3n) is 6.31. The number of piperazine rings is 1. The van der Waals surface area contributed by atoms with Crippen LogP contribution in [0.5, 0.6) is 0 Å². The third-order valence-corrected chi connectivity index (χ3v) is 7.31. The summed E-state index contributed by atoms with van der Waals surface area (Å²) >= 11 is 1.48. The van der Waals surface area contributed by atoms with Gasteiger partial charge in [-0.3, -0.25) is 9.69 Å². The zero-order chi connectivity index (χ0) is 22.9. The molecule has 0 unspecified atom stereocenters. The summed E-state index contributed by atoms with van der Waals surface area (Å²) in [6.45, 7) is 11.2. The Kier molecular flexibility index (Phi) is 6.62. The molecule has 0 spiro atoms. The fourth-order valence-electron chi connectivity index (χ4n) is 4.52. The summed E-state index contributed by atoms with van der Waals surface area (Å²) in [5.74, 6) is 0.0380. The number of carbonyl (C=O) groups excluding carboxylic acids is 2. The lowest BCUT2D eigenvalue weighted by atomic mass is 9.99. The Bertz CT molecular complexity index is 967. The number of ether oxygens (including phenoxy) is 1. The zero-order valence-corrected chi connectivity index (χ0v) is 20.1. The number of benzene rings is 1. The van der Waals surface area contributed by atoms with Crippen LogP contribution in [-0.2, 0) is 4.74 Å². The molecule has 174 valence electrons. The van der Waals surface area contributed by atoms with Crippen LogP contribution in [0.1, 0.15) is 44.0 Å². The van der Waals surface area contributed by atoms with Gasteiger partial charge in [0.15, 0.2) is 0 Å². The van der Waals surface area contributed by atoms with E-state index < -0.39 is 0 Å². The van der Waals surface area contributed by atoms with Crippen molar-refractivity contribution in [1.29, 1.82) is 0 Å². The molecular formula is C24H34N4O3S. The molecule has 2 aliphatic heterocycles. The van der Waals surface area contributed by atoms with Crippen LogP contribution in [-0.4, -0.2) is 78.6 Å². The minimum Gasteiger partial charge on any atom is -0.449 e. The maximum Gasteiger partial charge on any atom is 0.409 e. The van der Waals surface area contributed by atoms with Gasteiger partial charge >= 0.3 is 6.09 Å². The molecule has 2 aliphatic rings. The molecule has 0 saturated carbocycles. The molecule has 2 fully saturated rings. The predicted octanol–water partition coefficient (Wildman–Crippen LogP) is 3.89. The molecule has 0 aliphatic carbocycles. The predicted molar refractivity (Wildman–Crippen MR) is 129 cm³/mol. The normalized spacial score (nSPS) is 18.8. The van der Waals surface area contributed by atoms with Crippen molar-refractivity contribution < 1.29 is 14.3 Å². The topological polar surface area (TPSA) is 79.1 Å².